The van der Waals surface area contributed by atoms with Crippen molar-refractivity contribution in [1.82, 2.24) is 19.8 Å². The summed E-state index contributed by atoms with van der Waals surface area (Å²) in [5.41, 5.74) is 0. The van der Waals surface area contributed by atoms with E-state index in [1.165, 1.54) is 0 Å². The molecule has 0 spiro atoms. The standard InChI is InChI=1S/C10H18N4O/c1-8(10-11-5-6-14(10)4)12-7-9(15)13(2)3/h5-6,8,12H,7H2,1-4H3. The lowest BCUT2D eigenvalue weighted by atomic mass is 10.3. The molecule has 1 aromatic rings. The largest absolute Gasteiger partial charge is 0.348 e. The van der Waals surface area contributed by atoms with Crippen LogP contribution < -0.4 is 5.32 Å². The zero-order valence-electron chi connectivity index (χ0n) is 9.69. The van der Waals surface area contributed by atoms with E-state index >= 15 is 0 Å². The van der Waals surface area contributed by atoms with E-state index in [1.807, 2.05) is 24.7 Å². The molecule has 0 aliphatic rings. The Hall–Kier alpha value is -1.36. The highest BCUT2D eigenvalue weighted by Crippen LogP contribution is 2.07. The molecule has 0 aliphatic carbocycles. The lowest BCUT2D eigenvalue weighted by Gasteiger charge is -2.15. The Kier molecular flexibility index (Phi) is 3.85. The van der Waals surface area contributed by atoms with Gasteiger partial charge in [-0.2, -0.15) is 0 Å². The summed E-state index contributed by atoms with van der Waals surface area (Å²) in [5, 5.41) is 3.13. The molecule has 1 atom stereocenters. The minimum Gasteiger partial charge on any atom is -0.348 e. The Morgan fingerprint density at radius 3 is 2.80 bits per heavy atom. The van der Waals surface area contributed by atoms with Gasteiger partial charge in [0.15, 0.2) is 0 Å². The smallest absolute Gasteiger partial charge is 0.236 e. The van der Waals surface area contributed by atoms with Gasteiger partial charge in [-0.25, -0.2) is 4.98 Å². The van der Waals surface area contributed by atoms with Gasteiger partial charge in [0.2, 0.25) is 5.91 Å². The Labute approximate surface area is 90.1 Å². The van der Waals surface area contributed by atoms with Crippen molar-refractivity contribution < 1.29 is 4.79 Å². The molecule has 1 rings (SSSR count). The Morgan fingerprint density at radius 2 is 2.33 bits per heavy atom. The van der Waals surface area contributed by atoms with E-state index in [0.29, 0.717) is 6.54 Å². The number of rotatable bonds is 4. The van der Waals surface area contributed by atoms with Crippen LogP contribution >= 0.6 is 0 Å². The predicted octanol–water partition coefficient (Wildman–Crippen LogP) is 0.159. The highest BCUT2D eigenvalue weighted by atomic mass is 16.2. The molecule has 1 amide bonds. The average molecular weight is 210 g/mol. The first kappa shape index (κ1) is 11.7. The molecule has 0 aliphatic heterocycles. The quantitative estimate of drug-likeness (QED) is 0.770. The number of carbonyl (C=O) groups excluding carboxylic acids is 1. The van der Waals surface area contributed by atoms with Crippen LogP contribution in [0, 0.1) is 0 Å². The van der Waals surface area contributed by atoms with E-state index in [2.05, 4.69) is 10.3 Å². The Morgan fingerprint density at radius 1 is 1.67 bits per heavy atom. The molecule has 0 aromatic carbocycles. The summed E-state index contributed by atoms with van der Waals surface area (Å²) in [6.45, 7) is 2.33. The third-order valence-electron chi connectivity index (χ3n) is 2.30. The maximum Gasteiger partial charge on any atom is 0.236 e. The van der Waals surface area contributed by atoms with Gasteiger partial charge in [0.1, 0.15) is 5.82 Å². The molecule has 0 saturated carbocycles. The van der Waals surface area contributed by atoms with Crippen molar-refractivity contribution in [2.24, 2.45) is 7.05 Å². The third-order valence-corrected chi connectivity index (χ3v) is 2.30. The molecule has 0 saturated heterocycles. The number of aromatic nitrogens is 2. The molecule has 0 radical (unpaired) electrons. The van der Waals surface area contributed by atoms with Crippen molar-refractivity contribution in [3.8, 4) is 0 Å². The maximum absolute atomic E-state index is 11.3. The summed E-state index contributed by atoms with van der Waals surface area (Å²) in [5.74, 6) is 0.998. The van der Waals surface area contributed by atoms with Crippen molar-refractivity contribution in [1.29, 1.82) is 0 Å². The summed E-state index contributed by atoms with van der Waals surface area (Å²) in [6.07, 6.45) is 3.64. The van der Waals surface area contributed by atoms with E-state index < -0.39 is 0 Å². The number of hydrogen-bond donors (Lipinski definition) is 1. The zero-order valence-corrected chi connectivity index (χ0v) is 9.69. The van der Waals surface area contributed by atoms with Crippen molar-refractivity contribution in [3.63, 3.8) is 0 Å². The van der Waals surface area contributed by atoms with E-state index in [1.54, 1.807) is 25.2 Å². The first-order chi connectivity index (χ1) is 7.02. The van der Waals surface area contributed by atoms with Gasteiger partial charge in [0.25, 0.3) is 0 Å². The van der Waals surface area contributed by atoms with Gasteiger partial charge in [0.05, 0.1) is 12.6 Å². The van der Waals surface area contributed by atoms with E-state index in [0.717, 1.165) is 5.82 Å². The Balaban J connectivity index is 2.47. The summed E-state index contributed by atoms with van der Waals surface area (Å²) in [4.78, 5) is 17.1. The normalized spacial score (nSPS) is 12.5. The SMILES string of the molecule is CC(NCC(=O)N(C)C)c1nccn1C. The molecule has 5 nitrogen and oxygen atoms in total. The molecule has 1 N–H and O–H groups in total. The van der Waals surface area contributed by atoms with Gasteiger partial charge in [-0.05, 0) is 6.92 Å². The van der Waals surface area contributed by atoms with Crippen molar-refractivity contribution in [2.45, 2.75) is 13.0 Å². The van der Waals surface area contributed by atoms with Gasteiger partial charge >= 0.3 is 0 Å². The number of carbonyl (C=O) groups is 1. The number of nitrogens with zero attached hydrogens (tertiary/aromatic N) is 3. The molecule has 1 heterocycles. The van der Waals surface area contributed by atoms with Crippen LogP contribution in [0.4, 0.5) is 0 Å². The molecular formula is C10H18N4O. The van der Waals surface area contributed by atoms with Gasteiger partial charge in [-0.15, -0.1) is 0 Å². The summed E-state index contributed by atoms with van der Waals surface area (Å²) in [7, 11) is 5.43. The molecule has 84 valence electrons. The van der Waals surface area contributed by atoms with Crippen LogP contribution in [0.15, 0.2) is 12.4 Å². The van der Waals surface area contributed by atoms with Crippen LogP contribution in [-0.4, -0.2) is 41.0 Å². The van der Waals surface area contributed by atoms with E-state index in [4.69, 9.17) is 0 Å². The summed E-state index contributed by atoms with van der Waals surface area (Å²) in [6, 6.07) is 0.0777. The molecule has 15 heavy (non-hydrogen) atoms. The molecule has 0 fully saturated rings. The van der Waals surface area contributed by atoms with Crippen LogP contribution in [-0.2, 0) is 11.8 Å². The minimum atomic E-state index is 0.0658. The molecule has 0 bridgehead atoms. The number of amides is 1. The fourth-order valence-corrected chi connectivity index (χ4v) is 1.28. The number of hydrogen-bond acceptors (Lipinski definition) is 3. The van der Waals surface area contributed by atoms with Gasteiger partial charge in [-0.1, -0.05) is 0 Å². The number of likely N-dealkylation sites (N-methyl/N-ethyl adjacent to an activating group) is 1. The van der Waals surface area contributed by atoms with Gasteiger partial charge < -0.3 is 9.47 Å². The monoisotopic (exact) mass is 210 g/mol. The fraction of sp³-hybridized carbons (Fsp3) is 0.600. The molecular weight excluding hydrogens is 192 g/mol. The number of imidazole rings is 1. The second-order valence-electron chi connectivity index (χ2n) is 3.79. The lowest BCUT2D eigenvalue weighted by molar-refractivity contribution is -0.127. The lowest BCUT2D eigenvalue weighted by Crippen LogP contribution is -2.34. The van der Waals surface area contributed by atoms with Crippen molar-refractivity contribution in [3.05, 3.63) is 18.2 Å². The van der Waals surface area contributed by atoms with Crippen LogP contribution in [0.3, 0.4) is 0 Å². The van der Waals surface area contributed by atoms with Crippen molar-refractivity contribution in [2.75, 3.05) is 20.6 Å². The summed E-state index contributed by atoms with van der Waals surface area (Å²) >= 11 is 0. The van der Waals surface area contributed by atoms with Crippen LogP contribution in [0.1, 0.15) is 18.8 Å². The summed E-state index contributed by atoms with van der Waals surface area (Å²) < 4.78 is 1.94. The third kappa shape index (κ3) is 3.06. The van der Waals surface area contributed by atoms with Crippen LogP contribution in [0.2, 0.25) is 0 Å². The highest BCUT2D eigenvalue weighted by Gasteiger charge is 2.11. The Bertz CT molecular complexity index is 332. The second-order valence-corrected chi connectivity index (χ2v) is 3.79. The van der Waals surface area contributed by atoms with E-state index in [-0.39, 0.29) is 11.9 Å². The first-order valence-corrected chi connectivity index (χ1v) is 4.93. The van der Waals surface area contributed by atoms with Gasteiger partial charge in [-0.3, -0.25) is 10.1 Å². The molecule has 5 heteroatoms. The molecule has 1 aromatic heterocycles. The molecule has 1 unspecified atom stereocenters. The average Bonchev–Trinajstić information content (AvgIpc) is 2.60. The minimum absolute atomic E-state index is 0.0658. The van der Waals surface area contributed by atoms with E-state index in [9.17, 15) is 4.79 Å². The topological polar surface area (TPSA) is 50.2 Å². The second kappa shape index (κ2) is 4.93. The van der Waals surface area contributed by atoms with Crippen LogP contribution in [0.25, 0.3) is 0 Å². The fourth-order valence-electron chi connectivity index (χ4n) is 1.28. The van der Waals surface area contributed by atoms with Crippen molar-refractivity contribution >= 4 is 5.91 Å². The number of aryl methyl sites for hydroxylation is 1. The predicted molar refractivity (Wildman–Crippen MR) is 58.3 cm³/mol. The van der Waals surface area contributed by atoms with Gasteiger partial charge in [0, 0.05) is 33.5 Å². The zero-order chi connectivity index (χ0) is 11.4. The van der Waals surface area contributed by atoms with Crippen LogP contribution in [0.5, 0.6) is 0 Å². The number of nitrogens with one attached hydrogen (secondary N) is 1. The maximum atomic E-state index is 11.3. The first-order valence-electron chi connectivity index (χ1n) is 4.93. The highest BCUT2D eigenvalue weighted by molar-refractivity contribution is 5.77.